The number of methoxy groups -OCH3 is 1. The van der Waals surface area contributed by atoms with Gasteiger partial charge in [-0.25, -0.2) is 4.98 Å². The quantitative estimate of drug-likeness (QED) is 0.486. The van der Waals surface area contributed by atoms with E-state index in [1.165, 1.54) is 5.56 Å². The number of aromatic nitrogens is 1. The first-order valence-corrected chi connectivity index (χ1v) is 9.27. The molecule has 1 aromatic heterocycles. The van der Waals surface area contributed by atoms with Crippen LogP contribution in [-0.4, -0.2) is 31.6 Å². The highest BCUT2D eigenvalue weighted by Gasteiger charge is 2.07. The normalized spacial score (nSPS) is 11.3. The van der Waals surface area contributed by atoms with Crippen LogP contribution in [0.15, 0.2) is 64.2 Å². The van der Waals surface area contributed by atoms with Crippen LogP contribution in [0.25, 0.3) is 11.5 Å². The van der Waals surface area contributed by atoms with E-state index in [4.69, 9.17) is 9.15 Å². The molecule has 0 saturated heterocycles. The van der Waals surface area contributed by atoms with Gasteiger partial charge in [0.1, 0.15) is 12.0 Å². The number of nitrogens with one attached hydrogen (secondary N) is 2. The number of nitrogens with zero attached hydrogens (tertiary/aromatic N) is 2. The van der Waals surface area contributed by atoms with Crippen molar-refractivity contribution in [2.75, 3.05) is 20.7 Å². The molecule has 0 atom stereocenters. The second-order valence-electron chi connectivity index (χ2n) is 6.42. The van der Waals surface area contributed by atoms with Crippen LogP contribution in [0.3, 0.4) is 0 Å². The standard InChI is InChI=1S/C22H26N4O2/c1-16-8-10-17(11-9-16)21-26-19(15-28-21)12-13-24-22(23-2)25-14-18-6-4-5-7-20(18)27-3/h4-11,15H,12-14H2,1-3H3,(H2,23,24,25). The molecule has 0 saturated carbocycles. The highest BCUT2D eigenvalue weighted by molar-refractivity contribution is 5.79. The Kier molecular flexibility index (Phi) is 6.68. The van der Waals surface area contributed by atoms with E-state index >= 15 is 0 Å². The van der Waals surface area contributed by atoms with Crippen molar-refractivity contribution in [2.24, 2.45) is 4.99 Å². The van der Waals surface area contributed by atoms with Crippen molar-refractivity contribution in [3.8, 4) is 17.2 Å². The minimum atomic E-state index is 0.630. The molecule has 0 unspecified atom stereocenters. The molecule has 28 heavy (non-hydrogen) atoms. The van der Waals surface area contributed by atoms with E-state index in [-0.39, 0.29) is 0 Å². The van der Waals surface area contributed by atoms with Crippen LogP contribution in [-0.2, 0) is 13.0 Å². The number of rotatable bonds is 7. The van der Waals surface area contributed by atoms with Crippen LogP contribution in [0.2, 0.25) is 0 Å². The average molecular weight is 378 g/mol. The van der Waals surface area contributed by atoms with Gasteiger partial charge in [0, 0.05) is 37.7 Å². The number of guanidine groups is 1. The Balaban J connectivity index is 1.49. The topological polar surface area (TPSA) is 71.7 Å². The van der Waals surface area contributed by atoms with Gasteiger partial charge in [-0.05, 0) is 25.1 Å². The molecule has 6 heteroatoms. The Morgan fingerprint density at radius 1 is 1.11 bits per heavy atom. The zero-order chi connectivity index (χ0) is 19.8. The molecule has 6 nitrogen and oxygen atoms in total. The molecule has 3 rings (SSSR count). The average Bonchev–Trinajstić information content (AvgIpc) is 3.20. The van der Waals surface area contributed by atoms with E-state index in [2.05, 4.69) is 39.7 Å². The summed E-state index contributed by atoms with van der Waals surface area (Å²) < 4.78 is 11.0. The van der Waals surface area contributed by atoms with Crippen LogP contribution >= 0.6 is 0 Å². The van der Waals surface area contributed by atoms with Gasteiger partial charge in [-0.2, -0.15) is 0 Å². The molecule has 0 aliphatic heterocycles. The van der Waals surface area contributed by atoms with Gasteiger partial charge in [0.05, 0.1) is 12.8 Å². The Morgan fingerprint density at radius 2 is 1.89 bits per heavy atom. The number of benzene rings is 2. The molecule has 0 radical (unpaired) electrons. The summed E-state index contributed by atoms with van der Waals surface area (Å²) in [5, 5.41) is 6.60. The number of hydrogen-bond acceptors (Lipinski definition) is 4. The van der Waals surface area contributed by atoms with E-state index < -0.39 is 0 Å². The molecule has 0 fully saturated rings. The summed E-state index contributed by atoms with van der Waals surface area (Å²) in [6.07, 6.45) is 2.45. The number of para-hydroxylation sites is 1. The highest BCUT2D eigenvalue weighted by Crippen LogP contribution is 2.19. The molecule has 0 bridgehead atoms. The fourth-order valence-corrected chi connectivity index (χ4v) is 2.81. The number of ether oxygens (including phenoxy) is 1. The van der Waals surface area contributed by atoms with Crippen LogP contribution in [0.5, 0.6) is 5.75 Å². The number of hydrogen-bond donors (Lipinski definition) is 2. The predicted octanol–water partition coefficient (Wildman–Crippen LogP) is 3.57. The van der Waals surface area contributed by atoms with Crippen LogP contribution in [0.4, 0.5) is 0 Å². The zero-order valence-corrected chi connectivity index (χ0v) is 16.5. The third kappa shape index (κ3) is 5.13. The van der Waals surface area contributed by atoms with Gasteiger partial charge in [-0.3, -0.25) is 4.99 Å². The Morgan fingerprint density at radius 3 is 2.64 bits per heavy atom. The highest BCUT2D eigenvalue weighted by atomic mass is 16.5. The second-order valence-corrected chi connectivity index (χ2v) is 6.42. The Hall–Kier alpha value is -3.28. The predicted molar refractivity (Wildman–Crippen MR) is 112 cm³/mol. The van der Waals surface area contributed by atoms with Crippen molar-refractivity contribution in [3.63, 3.8) is 0 Å². The van der Waals surface area contributed by atoms with E-state index in [0.717, 1.165) is 35.0 Å². The first kappa shape index (κ1) is 19.5. The molecule has 146 valence electrons. The van der Waals surface area contributed by atoms with Crippen molar-refractivity contribution >= 4 is 5.96 Å². The van der Waals surface area contributed by atoms with Crippen molar-refractivity contribution in [1.29, 1.82) is 0 Å². The molecule has 2 aromatic carbocycles. The van der Waals surface area contributed by atoms with Gasteiger partial charge < -0.3 is 19.8 Å². The smallest absolute Gasteiger partial charge is 0.226 e. The second kappa shape index (κ2) is 9.60. The molecular weight excluding hydrogens is 352 g/mol. The minimum absolute atomic E-state index is 0.630. The Labute approximate surface area is 165 Å². The summed E-state index contributed by atoms with van der Waals surface area (Å²) >= 11 is 0. The molecule has 1 heterocycles. The summed E-state index contributed by atoms with van der Waals surface area (Å²) in [6, 6.07) is 16.1. The molecule has 0 aliphatic carbocycles. The lowest BCUT2D eigenvalue weighted by Gasteiger charge is -2.13. The zero-order valence-electron chi connectivity index (χ0n) is 16.5. The maximum absolute atomic E-state index is 5.61. The van der Waals surface area contributed by atoms with Crippen LogP contribution in [0.1, 0.15) is 16.8 Å². The molecule has 0 aliphatic rings. The SMILES string of the molecule is CN=C(NCCc1coc(-c2ccc(C)cc2)n1)NCc1ccccc1OC. The van der Waals surface area contributed by atoms with E-state index in [1.54, 1.807) is 20.4 Å². The fourth-order valence-electron chi connectivity index (χ4n) is 2.81. The lowest BCUT2D eigenvalue weighted by atomic mass is 10.1. The van der Waals surface area contributed by atoms with Crippen LogP contribution < -0.4 is 15.4 Å². The summed E-state index contributed by atoms with van der Waals surface area (Å²) in [4.78, 5) is 8.83. The minimum Gasteiger partial charge on any atom is -0.496 e. The van der Waals surface area contributed by atoms with E-state index in [9.17, 15) is 0 Å². The maximum atomic E-state index is 5.61. The third-order valence-electron chi connectivity index (χ3n) is 4.39. The molecule has 0 amide bonds. The van der Waals surface area contributed by atoms with Crippen molar-refractivity contribution in [3.05, 3.63) is 71.6 Å². The van der Waals surface area contributed by atoms with E-state index in [1.807, 2.05) is 36.4 Å². The maximum Gasteiger partial charge on any atom is 0.226 e. The monoisotopic (exact) mass is 378 g/mol. The van der Waals surface area contributed by atoms with Gasteiger partial charge in [0.25, 0.3) is 0 Å². The summed E-state index contributed by atoms with van der Waals surface area (Å²) in [6.45, 7) is 3.39. The molecule has 0 spiro atoms. The Bertz CT molecular complexity index is 916. The number of aryl methyl sites for hydroxylation is 1. The lowest BCUT2D eigenvalue weighted by molar-refractivity contribution is 0.409. The lowest BCUT2D eigenvalue weighted by Crippen LogP contribution is -2.37. The van der Waals surface area contributed by atoms with Crippen LogP contribution in [0, 0.1) is 6.92 Å². The number of aliphatic imine (C=N–C) groups is 1. The van der Waals surface area contributed by atoms with Gasteiger partial charge in [-0.1, -0.05) is 35.9 Å². The third-order valence-corrected chi connectivity index (χ3v) is 4.39. The molecular formula is C22H26N4O2. The summed E-state index contributed by atoms with van der Waals surface area (Å²) in [5.74, 6) is 2.23. The summed E-state index contributed by atoms with van der Waals surface area (Å²) in [7, 11) is 3.43. The number of oxazole rings is 1. The first-order valence-electron chi connectivity index (χ1n) is 9.27. The van der Waals surface area contributed by atoms with E-state index in [0.29, 0.717) is 19.0 Å². The fraction of sp³-hybridized carbons (Fsp3) is 0.273. The molecule has 3 aromatic rings. The summed E-state index contributed by atoms with van der Waals surface area (Å²) in [5.41, 5.74) is 4.18. The van der Waals surface area contributed by atoms with Crippen molar-refractivity contribution in [2.45, 2.75) is 19.9 Å². The largest absolute Gasteiger partial charge is 0.496 e. The first-order chi connectivity index (χ1) is 13.7. The molecule has 2 N–H and O–H groups in total. The van der Waals surface area contributed by atoms with Gasteiger partial charge in [-0.15, -0.1) is 0 Å². The van der Waals surface area contributed by atoms with Crippen molar-refractivity contribution in [1.82, 2.24) is 15.6 Å². The van der Waals surface area contributed by atoms with Gasteiger partial charge in [0.15, 0.2) is 5.96 Å². The van der Waals surface area contributed by atoms with Crippen molar-refractivity contribution < 1.29 is 9.15 Å². The van der Waals surface area contributed by atoms with Gasteiger partial charge >= 0.3 is 0 Å². The van der Waals surface area contributed by atoms with Gasteiger partial charge in [0.2, 0.25) is 5.89 Å².